The van der Waals surface area contributed by atoms with Crippen molar-refractivity contribution in [3.8, 4) is 0 Å². The first-order valence-electron chi connectivity index (χ1n) is 7.27. The number of aryl methyl sites for hydroxylation is 4. The van der Waals surface area contributed by atoms with Crippen LogP contribution in [0.1, 0.15) is 51.4 Å². The number of nitrogens with zero attached hydrogens (tertiary/aromatic N) is 3. The zero-order valence-corrected chi connectivity index (χ0v) is 13.5. The number of nitrogens with one attached hydrogen (secondary N) is 1. The molecule has 20 heavy (non-hydrogen) atoms. The Hall–Kier alpha value is -1.20. The Morgan fingerprint density at radius 2 is 2.00 bits per heavy atom. The molecule has 108 valence electrons. The smallest absolute Gasteiger partial charge is 0.115 e. The van der Waals surface area contributed by atoms with Crippen molar-refractivity contribution < 1.29 is 0 Å². The summed E-state index contributed by atoms with van der Waals surface area (Å²) in [5.41, 5.74) is 4.92. The minimum Gasteiger partial charge on any atom is -0.307 e. The van der Waals surface area contributed by atoms with Crippen LogP contribution in [0, 0.1) is 13.8 Å². The second kappa shape index (κ2) is 5.30. The van der Waals surface area contributed by atoms with Gasteiger partial charge >= 0.3 is 0 Å². The Balaban J connectivity index is 2.03. The summed E-state index contributed by atoms with van der Waals surface area (Å²) in [6, 6.07) is 0.166. The first kappa shape index (κ1) is 13.8. The maximum Gasteiger partial charge on any atom is 0.115 e. The molecule has 3 rings (SSSR count). The van der Waals surface area contributed by atoms with E-state index < -0.39 is 0 Å². The lowest BCUT2D eigenvalue weighted by atomic mass is 10.0. The number of hydrogen-bond acceptors (Lipinski definition) is 4. The molecule has 0 saturated heterocycles. The van der Waals surface area contributed by atoms with Gasteiger partial charge in [0.15, 0.2) is 0 Å². The number of rotatable bonds is 3. The average Bonchev–Trinajstić information content (AvgIpc) is 2.96. The molecule has 5 heteroatoms. The lowest BCUT2D eigenvalue weighted by molar-refractivity contribution is 0.655. The van der Waals surface area contributed by atoms with E-state index in [-0.39, 0.29) is 6.04 Å². The molecule has 0 fully saturated rings. The van der Waals surface area contributed by atoms with E-state index in [0.29, 0.717) is 0 Å². The minimum atomic E-state index is 0.166. The molecule has 0 aliphatic heterocycles. The summed E-state index contributed by atoms with van der Waals surface area (Å²) in [6.45, 7) is 4.22. The fraction of sp³-hybridized carbons (Fsp3) is 0.600. The highest BCUT2D eigenvalue weighted by Gasteiger charge is 2.25. The summed E-state index contributed by atoms with van der Waals surface area (Å²) >= 11 is 1.88. The first-order chi connectivity index (χ1) is 9.61. The van der Waals surface area contributed by atoms with Crippen LogP contribution in [-0.2, 0) is 19.9 Å². The number of hydrogen-bond donors (Lipinski definition) is 1. The highest BCUT2D eigenvalue weighted by Crippen LogP contribution is 2.34. The molecular formula is C15H22N4S. The number of aromatic nitrogens is 3. The van der Waals surface area contributed by atoms with Crippen molar-refractivity contribution in [1.29, 1.82) is 0 Å². The summed E-state index contributed by atoms with van der Waals surface area (Å²) in [6.07, 6.45) is 4.94. The molecule has 1 atom stereocenters. The SMILES string of the molecule is CNC(c1nc2c(s1)CCCC2)c1c(C)nn(C)c1C. The third kappa shape index (κ3) is 2.19. The van der Waals surface area contributed by atoms with E-state index in [9.17, 15) is 0 Å². The largest absolute Gasteiger partial charge is 0.307 e. The molecule has 0 aromatic carbocycles. The molecule has 0 radical (unpaired) electrons. The van der Waals surface area contributed by atoms with Crippen molar-refractivity contribution in [2.75, 3.05) is 7.05 Å². The Labute approximate surface area is 124 Å². The van der Waals surface area contributed by atoms with Crippen LogP contribution in [0.5, 0.6) is 0 Å². The van der Waals surface area contributed by atoms with E-state index >= 15 is 0 Å². The number of thiazole rings is 1. The lowest BCUT2D eigenvalue weighted by Gasteiger charge is -2.14. The van der Waals surface area contributed by atoms with Gasteiger partial charge in [0.1, 0.15) is 5.01 Å². The normalized spacial score (nSPS) is 16.2. The van der Waals surface area contributed by atoms with Crippen molar-refractivity contribution in [3.63, 3.8) is 0 Å². The Morgan fingerprint density at radius 3 is 2.60 bits per heavy atom. The maximum atomic E-state index is 4.91. The van der Waals surface area contributed by atoms with Crippen LogP contribution in [0.25, 0.3) is 0 Å². The molecule has 1 N–H and O–H groups in total. The van der Waals surface area contributed by atoms with Gasteiger partial charge < -0.3 is 5.32 Å². The summed E-state index contributed by atoms with van der Waals surface area (Å²) in [5, 5.41) is 9.17. The highest BCUT2D eigenvalue weighted by atomic mass is 32.1. The molecule has 1 aliphatic carbocycles. The predicted molar refractivity (Wildman–Crippen MR) is 82.3 cm³/mol. The molecule has 4 nitrogen and oxygen atoms in total. The fourth-order valence-corrected chi connectivity index (χ4v) is 4.37. The van der Waals surface area contributed by atoms with Crippen LogP contribution in [-0.4, -0.2) is 21.8 Å². The summed E-state index contributed by atoms with van der Waals surface area (Å²) in [5.74, 6) is 0. The van der Waals surface area contributed by atoms with Gasteiger partial charge in [-0.2, -0.15) is 5.10 Å². The lowest BCUT2D eigenvalue weighted by Crippen LogP contribution is -2.19. The van der Waals surface area contributed by atoms with Gasteiger partial charge in [0.05, 0.1) is 17.4 Å². The van der Waals surface area contributed by atoms with E-state index in [4.69, 9.17) is 4.98 Å². The molecule has 0 spiro atoms. The third-order valence-electron chi connectivity index (χ3n) is 4.25. The zero-order chi connectivity index (χ0) is 14.3. The van der Waals surface area contributed by atoms with Crippen molar-refractivity contribution in [2.45, 2.75) is 45.6 Å². The third-order valence-corrected chi connectivity index (χ3v) is 5.47. The minimum absolute atomic E-state index is 0.166. The molecule has 2 heterocycles. The van der Waals surface area contributed by atoms with Crippen molar-refractivity contribution in [1.82, 2.24) is 20.1 Å². The van der Waals surface area contributed by atoms with Gasteiger partial charge in [-0.3, -0.25) is 4.68 Å². The summed E-state index contributed by atoms with van der Waals surface area (Å²) in [7, 11) is 4.02. The van der Waals surface area contributed by atoms with Crippen LogP contribution in [0.2, 0.25) is 0 Å². The molecule has 0 bridgehead atoms. The molecule has 0 saturated carbocycles. The van der Waals surface area contributed by atoms with Crippen molar-refractivity contribution in [3.05, 3.63) is 32.5 Å². The maximum absolute atomic E-state index is 4.91. The van der Waals surface area contributed by atoms with E-state index in [1.807, 2.05) is 30.1 Å². The topological polar surface area (TPSA) is 42.7 Å². The Kier molecular flexibility index (Phi) is 3.65. The average molecular weight is 290 g/mol. The van der Waals surface area contributed by atoms with Crippen LogP contribution < -0.4 is 5.32 Å². The van der Waals surface area contributed by atoms with Gasteiger partial charge in [0.25, 0.3) is 0 Å². The first-order valence-corrected chi connectivity index (χ1v) is 8.09. The Morgan fingerprint density at radius 1 is 1.25 bits per heavy atom. The molecular weight excluding hydrogens is 268 g/mol. The standard InChI is InChI=1S/C15H22N4S/c1-9-13(10(2)19(4)18-9)14(16-3)15-17-11-7-5-6-8-12(11)20-15/h14,16H,5-8H2,1-4H3. The predicted octanol–water partition coefficient (Wildman–Crippen LogP) is 2.68. The summed E-state index contributed by atoms with van der Waals surface area (Å²) in [4.78, 5) is 6.40. The van der Waals surface area contributed by atoms with Gasteiger partial charge in [-0.1, -0.05) is 0 Å². The van der Waals surface area contributed by atoms with Crippen molar-refractivity contribution in [2.24, 2.45) is 7.05 Å². The quantitative estimate of drug-likeness (QED) is 0.945. The van der Waals surface area contributed by atoms with E-state index in [2.05, 4.69) is 24.3 Å². The number of fused-ring (bicyclic) bond motifs is 1. The monoisotopic (exact) mass is 290 g/mol. The highest BCUT2D eigenvalue weighted by molar-refractivity contribution is 7.11. The second-order valence-corrected chi connectivity index (χ2v) is 6.67. The summed E-state index contributed by atoms with van der Waals surface area (Å²) < 4.78 is 1.96. The van der Waals surface area contributed by atoms with Crippen LogP contribution in [0.3, 0.4) is 0 Å². The van der Waals surface area contributed by atoms with Crippen LogP contribution in [0.15, 0.2) is 0 Å². The molecule has 1 unspecified atom stereocenters. The van der Waals surface area contributed by atoms with Crippen molar-refractivity contribution >= 4 is 11.3 Å². The van der Waals surface area contributed by atoms with Gasteiger partial charge in [0, 0.05) is 23.2 Å². The fourth-order valence-electron chi connectivity index (χ4n) is 3.09. The second-order valence-electron chi connectivity index (χ2n) is 5.56. The molecule has 2 aromatic rings. The zero-order valence-electron chi connectivity index (χ0n) is 12.7. The molecule has 2 aromatic heterocycles. The van der Waals surface area contributed by atoms with Crippen LogP contribution in [0.4, 0.5) is 0 Å². The Bertz CT molecular complexity index is 603. The van der Waals surface area contributed by atoms with E-state index in [1.165, 1.54) is 46.1 Å². The molecule has 1 aliphatic rings. The van der Waals surface area contributed by atoms with Gasteiger partial charge in [-0.05, 0) is 46.6 Å². The van der Waals surface area contributed by atoms with Gasteiger partial charge in [-0.25, -0.2) is 4.98 Å². The van der Waals surface area contributed by atoms with E-state index in [0.717, 1.165) is 12.1 Å². The van der Waals surface area contributed by atoms with Gasteiger partial charge in [0.2, 0.25) is 0 Å². The van der Waals surface area contributed by atoms with E-state index in [1.54, 1.807) is 0 Å². The van der Waals surface area contributed by atoms with Crippen LogP contribution >= 0.6 is 11.3 Å². The van der Waals surface area contributed by atoms with Gasteiger partial charge in [-0.15, -0.1) is 11.3 Å². The molecule has 0 amide bonds.